The molecule has 0 saturated carbocycles. The first kappa shape index (κ1) is 27.5. The molecule has 0 amide bonds. The summed E-state index contributed by atoms with van der Waals surface area (Å²) in [5, 5.41) is 10.9. The first-order chi connectivity index (χ1) is 21.5. The zero-order valence-corrected chi connectivity index (χ0v) is 24.6. The van der Waals surface area contributed by atoms with Crippen LogP contribution in [0.3, 0.4) is 0 Å². The molecule has 0 N–H and O–H groups in total. The summed E-state index contributed by atoms with van der Waals surface area (Å²) in [6, 6.07) is 29.8. The van der Waals surface area contributed by atoms with Crippen LogP contribution < -0.4 is 24.4 Å². The number of ether oxygens (including phenoxy) is 2. The van der Waals surface area contributed by atoms with E-state index in [-0.39, 0.29) is 23.9 Å². The molecular formula is C35H27N3O5S. The van der Waals surface area contributed by atoms with Gasteiger partial charge in [0.15, 0.2) is 4.80 Å². The second kappa shape index (κ2) is 11.4. The van der Waals surface area contributed by atoms with Gasteiger partial charge in [-0.15, -0.1) is 0 Å². The number of thiazole rings is 1. The first-order valence-electron chi connectivity index (χ1n) is 14.2. The Morgan fingerprint density at radius 2 is 1.77 bits per heavy atom. The predicted molar refractivity (Wildman–Crippen MR) is 170 cm³/mol. The van der Waals surface area contributed by atoms with E-state index in [2.05, 4.69) is 18.2 Å². The number of non-ortho nitro benzene ring substituents is 1. The van der Waals surface area contributed by atoms with Crippen molar-refractivity contribution in [3.63, 3.8) is 0 Å². The van der Waals surface area contributed by atoms with Crippen molar-refractivity contribution in [2.24, 2.45) is 4.99 Å². The number of nitro benzene ring substituents is 1. The molecule has 8 nitrogen and oxygen atoms in total. The van der Waals surface area contributed by atoms with Crippen molar-refractivity contribution in [2.45, 2.75) is 25.5 Å². The van der Waals surface area contributed by atoms with E-state index in [1.54, 1.807) is 19.2 Å². The smallest absolute Gasteiger partial charge is 0.271 e. The number of fused-ring (bicyclic) bond motifs is 3. The van der Waals surface area contributed by atoms with Gasteiger partial charge in [-0.2, -0.15) is 0 Å². The lowest BCUT2D eigenvalue weighted by Gasteiger charge is -2.31. The lowest BCUT2D eigenvalue weighted by molar-refractivity contribution is -0.384. The van der Waals surface area contributed by atoms with E-state index in [1.807, 2.05) is 65.2 Å². The second-order valence-electron chi connectivity index (χ2n) is 10.7. The Labute approximate surface area is 256 Å². The summed E-state index contributed by atoms with van der Waals surface area (Å²) in [6.45, 7) is 0.261. The zero-order chi connectivity index (χ0) is 30.2. The molecule has 7 rings (SSSR count). The van der Waals surface area contributed by atoms with E-state index >= 15 is 0 Å². The van der Waals surface area contributed by atoms with Crippen LogP contribution in [0, 0.1) is 10.1 Å². The molecular weight excluding hydrogens is 574 g/mol. The second-order valence-corrected chi connectivity index (χ2v) is 11.7. The number of hydrogen-bond acceptors (Lipinski definition) is 7. The van der Waals surface area contributed by atoms with Crippen molar-refractivity contribution >= 4 is 28.8 Å². The summed E-state index contributed by atoms with van der Waals surface area (Å²) in [4.78, 5) is 30.4. The van der Waals surface area contributed by atoms with Crippen molar-refractivity contribution in [1.29, 1.82) is 0 Å². The SMILES string of the molecule is COc1cccc([C@@H]2C3=C(N=c4s/c(=C/c5cccc(OCc6ccc([N+](=O)[O-])cc6)c5)c(=O)n42)c2ccccc2CC3)c1. The van der Waals surface area contributed by atoms with Crippen molar-refractivity contribution in [3.05, 3.63) is 160 Å². The van der Waals surface area contributed by atoms with E-state index in [4.69, 9.17) is 14.5 Å². The Morgan fingerprint density at radius 3 is 2.59 bits per heavy atom. The van der Waals surface area contributed by atoms with Gasteiger partial charge in [0.2, 0.25) is 0 Å². The molecule has 9 heteroatoms. The molecule has 44 heavy (non-hydrogen) atoms. The number of aromatic nitrogens is 1. The maximum absolute atomic E-state index is 14.1. The summed E-state index contributed by atoms with van der Waals surface area (Å²) >= 11 is 1.38. The molecule has 0 fully saturated rings. The Morgan fingerprint density at radius 1 is 0.977 bits per heavy atom. The summed E-state index contributed by atoms with van der Waals surface area (Å²) < 4.78 is 13.9. The highest BCUT2D eigenvalue weighted by Gasteiger charge is 2.32. The fourth-order valence-corrected chi connectivity index (χ4v) is 6.86. The number of rotatable bonds is 7. The van der Waals surface area contributed by atoms with Gasteiger partial charge < -0.3 is 9.47 Å². The summed E-state index contributed by atoms with van der Waals surface area (Å²) in [5.74, 6) is 1.37. The van der Waals surface area contributed by atoms with Gasteiger partial charge in [0.05, 0.1) is 28.3 Å². The first-order valence-corrected chi connectivity index (χ1v) is 15.0. The molecule has 1 aliphatic carbocycles. The largest absolute Gasteiger partial charge is 0.497 e. The maximum Gasteiger partial charge on any atom is 0.271 e. The molecule has 1 aliphatic heterocycles. The van der Waals surface area contributed by atoms with Gasteiger partial charge in [-0.3, -0.25) is 19.5 Å². The van der Waals surface area contributed by atoms with Crippen molar-refractivity contribution in [3.8, 4) is 11.5 Å². The molecule has 4 aromatic carbocycles. The minimum Gasteiger partial charge on any atom is -0.497 e. The lowest BCUT2D eigenvalue weighted by atomic mass is 9.83. The van der Waals surface area contributed by atoms with Gasteiger partial charge in [0.1, 0.15) is 18.1 Å². The van der Waals surface area contributed by atoms with E-state index in [1.165, 1.54) is 29.0 Å². The van der Waals surface area contributed by atoms with Gasteiger partial charge in [-0.05, 0) is 83.1 Å². The quantitative estimate of drug-likeness (QED) is 0.173. The van der Waals surface area contributed by atoms with Crippen molar-refractivity contribution in [1.82, 2.24) is 4.57 Å². The van der Waals surface area contributed by atoms with Crippen LogP contribution in [-0.2, 0) is 13.0 Å². The van der Waals surface area contributed by atoms with Gasteiger partial charge in [0.25, 0.3) is 11.2 Å². The monoisotopic (exact) mass is 601 g/mol. The van der Waals surface area contributed by atoms with Gasteiger partial charge >= 0.3 is 0 Å². The normalized spacial score (nSPS) is 15.6. The molecule has 5 aromatic rings. The molecule has 0 spiro atoms. The molecule has 1 atom stereocenters. The third kappa shape index (κ3) is 5.11. The number of benzene rings is 4. The van der Waals surface area contributed by atoms with E-state index in [0.29, 0.717) is 15.1 Å². The summed E-state index contributed by atoms with van der Waals surface area (Å²) in [5.41, 5.74) is 7.05. The molecule has 2 aliphatic rings. The third-order valence-electron chi connectivity index (χ3n) is 7.99. The maximum atomic E-state index is 14.1. The van der Waals surface area contributed by atoms with Crippen LogP contribution in [0.4, 0.5) is 5.69 Å². The standard InChI is InChI=1S/C35H27N3O5S/c1-42-27-9-5-8-25(20-27)33-30-17-14-24-7-2-3-11-29(24)32(30)36-35-37(33)34(39)31(44-35)19-23-6-4-10-28(18-23)43-21-22-12-15-26(16-13-22)38(40)41/h2-13,15-16,18-20,33H,14,17,21H2,1H3/b31-19+/t33-/m1/s1. The average Bonchev–Trinajstić information content (AvgIpc) is 3.36. The molecule has 0 unspecified atom stereocenters. The summed E-state index contributed by atoms with van der Waals surface area (Å²) in [6.07, 6.45) is 3.58. The Bertz CT molecular complexity index is 2130. The van der Waals surface area contributed by atoms with Crippen LogP contribution >= 0.6 is 11.3 Å². The van der Waals surface area contributed by atoms with Gasteiger partial charge in [-0.25, -0.2) is 4.99 Å². The molecule has 0 saturated heterocycles. The van der Waals surface area contributed by atoms with Gasteiger partial charge in [0, 0.05) is 17.7 Å². The van der Waals surface area contributed by atoms with Crippen LogP contribution in [0.25, 0.3) is 11.8 Å². The molecule has 2 heterocycles. The van der Waals surface area contributed by atoms with Crippen LogP contribution in [0.1, 0.15) is 40.3 Å². The van der Waals surface area contributed by atoms with Crippen LogP contribution in [0.2, 0.25) is 0 Å². The van der Waals surface area contributed by atoms with E-state index < -0.39 is 4.92 Å². The fourth-order valence-electron chi connectivity index (χ4n) is 5.86. The number of methoxy groups -OCH3 is 1. The Balaban J connectivity index is 1.27. The average molecular weight is 602 g/mol. The Hall–Kier alpha value is -5.28. The molecule has 0 radical (unpaired) electrons. The van der Waals surface area contributed by atoms with Crippen LogP contribution in [0.15, 0.2) is 112 Å². The lowest BCUT2D eigenvalue weighted by Crippen LogP contribution is -2.38. The molecule has 1 aromatic heterocycles. The third-order valence-corrected chi connectivity index (χ3v) is 8.97. The number of nitrogens with zero attached hydrogens (tertiary/aromatic N) is 3. The molecule has 218 valence electrons. The highest BCUT2D eigenvalue weighted by atomic mass is 32.1. The van der Waals surface area contributed by atoms with E-state index in [9.17, 15) is 14.9 Å². The predicted octanol–water partition coefficient (Wildman–Crippen LogP) is 5.81. The van der Waals surface area contributed by atoms with Gasteiger partial charge in [-0.1, -0.05) is 59.9 Å². The zero-order valence-electron chi connectivity index (χ0n) is 23.8. The fraction of sp³-hybridized carbons (Fsp3) is 0.143. The Kier molecular flexibility index (Phi) is 7.15. The number of allylic oxidation sites excluding steroid dienone is 1. The number of hydrogen-bond donors (Lipinski definition) is 0. The highest BCUT2D eigenvalue weighted by Crippen LogP contribution is 2.41. The highest BCUT2D eigenvalue weighted by molar-refractivity contribution is 7.07. The number of aryl methyl sites for hydroxylation is 1. The van der Waals surface area contributed by atoms with Crippen LogP contribution in [0.5, 0.6) is 11.5 Å². The van der Waals surface area contributed by atoms with E-state index in [0.717, 1.165) is 52.1 Å². The summed E-state index contributed by atoms with van der Waals surface area (Å²) in [7, 11) is 1.65. The molecule has 0 bridgehead atoms. The van der Waals surface area contributed by atoms with Crippen LogP contribution in [-0.4, -0.2) is 16.6 Å². The topological polar surface area (TPSA) is 96.0 Å². The van der Waals surface area contributed by atoms with Crippen molar-refractivity contribution < 1.29 is 14.4 Å². The number of nitro groups is 1. The minimum atomic E-state index is -0.425. The van der Waals surface area contributed by atoms with Crippen molar-refractivity contribution in [2.75, 3.05) is 7.11 Å². The minimum absolute atomic E-state index is 0.0379.